The smallest absolute Gasteiger partial charge is 0.105 e. The van der Waals surface area contributed by atoms with Crippen molar-refractivity contribution < 1.29 is 5.11 Å². The van der Waals surface area contributed by atoms with Crippen LogP contribution in [-0.2, 0) is 0 Å². The largest absolute Gasteiger partial charge is 0.384 e. The number of hydrogen-bond donors (Lipinski definition) is 1. The summed E-state index contributed by atoms with van der Waals surface area (Å²) in [5.74, 6) is 0. The van der Waals surface area contributed by atoms with Gasteiger partial charge < -0.3 is 5.11 Å². The summed E-state index contributed by atoms with van der Waals surface area (Å²) >= 11 is 5.84. The predicted molar refractivity (Wildman–Crippen MR) is 84.8 cm³/mol. The molecule has 2 aromatic rings. The highest BCUT2D eigenvalue weighted by Gasteiger charge is 2.13. The third-order valence-electron chi connectivity index (χ3n) is 3.03. The summed E-state index contributed by atoms with van der Waals surface area (Å²) in [6.45, 7) is 5.77. The number of aliphatic hydroxyl groups is 1. The molecule has 0 saturated heterocycles. The first-order valence-electron chi connectivity index (χ1n) is 6.31. The molecular weight excluding hydrogens is 270 g/mol. The zero-order valence-corrected chi connectivity index (χ0v) is 12.0. The zero-order chi connectivity index (χ0) is 14.5. The first-order valence-corrected chi connectivity index (χ1v) is 6.69. The Labute approximate surface area is 124 Å². The SMILES string of the molecule is C=C(C(C)=Nc1ccc(Cl)cc1)[C@H](O)c1ccccc1. The normalized spacial score (nSPS) is 13.1. The molecule has 2 rings (SSSR count). The topological polar surface area (TPSA) is 32.6 Å². The lowest BCUT2D eigenvalue weighted by Crippen LogP contribution is -2.07. The van der Waals surface area contributed by atoms with Crippen LogP contribution in [0.3, 0.4) is 0 Å². The lowest BCUT2D eigenvalue weighted by Gasteiger charge is -2.14. The van der Waals surface area contributed by atoms with Gasteiger partial charge in [0.15, 0.2) is 0 Å². The van der Waals surface area contributed by atoms with E-state index in [9.17, 15) is 5.11 Å². The van der Waals surface area contributed by atoms with E-state index in [4.69, 9.17) is 11.6 Å². The summed E-state index contributed by atoms with van der Waals surface area (Å²) in [5.41, 5.74) is 2.88. The fourth-order valence-corrected chi connectivity index (χ4v) is 1.94. The standard InChI is InChI=1S/C17H16ClNO/c1-12(17(20)14-6-4-3-5-7-14)13(2)19-16-10-8-15(18)9-11-16/h3-11,17,20H,1H2,2H3/t17-/m0/s1. The number of rotatable bonds is 4. The van der Waals surface area contributed by atoms with Crippen LogP contribution in [0.4, 0.5) is 5.69 Å². The Morgan fingerprint density at radius 3 is 2.30 bits per heavy atom. The van der Waals surface area contributed by atoms with Gasteiger partial charge in [-0.05, 0) is 42.3 Å². The van der Waals surface area contributed by atoms with Crippen LogP contribution in [-0.4, -0.2) is 10.8 Å². The molecule has 0 unspecified atom stereocenters. The fraction of sp³-hybridized carbons (Fsp3) is 0.118. The first-order chi connectivity index (χ1) is 9.58. The van der Waals surface area contributed by atoms with Crippen molar-refractivity contribution in [1.29, 1.82) is 0 Å². The molecule has 102 valence electrons. The molecule has 0 radical (unpaired) electrons. The third-order valence-corrected chi connectivity index (χ3v) is 3.29. The van der Waals surface area contributed by atoms with Crippen LogP contribution in [0.15, 0.2) is 71.7 Å². The van der Waals surface area contributed by atoms with Gasteiger partial charge in [0, 0.05) is 10.7 Å². The molecule has 20 heavy (non-hydrogen) atoms. The average molecular weight is 286 g/mol. The Morgan fingerprint density at radius 1 is 1.10 bits per heavy atom. The van der Waals surface area contributed by atoms with Crippen LogP contribution in [0.1, 0.15) is 18.6 Å². The van der Waals surface area contributed by atoms with Crippen molar-refractivity contribution in [3.05, 3.63) is 77.3 Å². The predicted octanol–water partition coefficient (Wildman–Crippen LogP) is 4.72. The van der Waals surface area contributed by atoms with E-state index in [2.05, 4.69) is 11.6 Å². The Kier molecular flexibility index (Phi) is 4.72. The van der Waals surface area contributed by atoms with E-state index in [0.29, 0.717) is 16.3 Å². The van der Waals surface area contributed by atoms with E-state index in [1.807, 2.05) is 49.4 Å². The molecule has 0 saturated carbocycles. The maximum Gasteiger partial charge on any atom is 0.105 e. The van der Waals surface area contributed by atoms with Gasteiger partial charge in [-0.15, -0.1) is 0 Å². The first kappa shape index (κ1) is 14.5. The minimum absolute atomic E-state index is 0.589. The molecule has 0 aromatic heterocycles. The number of aliphatic hydroxyl groups excluding tert-OH is 1. The van der Waals surface area contributed by atoms with Gasteiger partial charge in [-0.1, -0.05) is 48.5 Å². The molecular formula is C17H16ClNO. The van der Waals surface area contributed by atoms with Crippen LogP contribution in [0, 0.1) is 0 Å². The van der Waals surface area contributed by atoms with Gasteiger partial charge in [0.2, 0.25) is 0 Å². The minimum Gasteiger partial charge on any atom is -0.384 e. The lowest BCUT2D eigenvalue weighted by atomic mass is 10.00. The van der Waals surface area contributed by atoms with Crippen molar-refractivity contribution in [2.24, 2.45) is 4.99 Å². The number of hydrogen-bond acceptors (Lipinski definition) is 2. The maximum absolute atomic E-state index is 10.3. The number of halogens is 1. The molecule has 0 bridgehead atoms. The second kappa shape index (κ2) is 6.51. The van der Waals surface area contributed by atoms with Gasteiger partial charge in [0.1, 0.15) is 6.10 Å². The molecule has 2 nitrogen and oxygen atoms in total. The highest BCUT2D eigenvalue weighted by molar-refractivity contribution is 6.30. The van der Waals surface area contributed by atoms with Crippen molar-refractivity contribution in [1.82, 2.24) is 0 Å². The van der Waals surface area contributed by atoms with Crippen LogP contribution >= 0.6 is 11.6 Å². The molecule has 1 N–H and O–H groups in total. The summed E-state index contributed by atoms with van der Waals surface area (Å²) < 4.78 is 0. The van der Waals surface area contributed by atoms with Crippen molar-refractivity contribution >= 4 is 23.0 Å². The van der Waals surface area contributed by atoms with Gasteiger partial charge >= 0.3 is 0 Å². The molecule has 0 aliphatic carbocycles. The van der Waals surface area contributed by atoms with E-state index in [0.717, 1.165) is 11.3 Å². The summed E-state index contributed by atoms with van der Waals surface area (Å²) in [6, 6.07) is 16.6. The summed E-state index contributed by atoms with van der Waals surface area (Å²) in [4.78, 5) is 4.45. The second-order valence-corrected chi connectivity index (χ2v) is 4.95. The quantitative estimate of drug-likeness (QED) is 0.810. The van der Waals surface area contributed by atoms with E-state index >= 15 is 0 Å². The lowest BCUT2D eigenvalue weighted by molar-refractivity contribution is 0.222. The average Bonchev–Trinajstić information content (AvgIpc) is 2.49. The van der Waals surface area contributed by atoms with Crippen molar-refractivity contribution in [2.45, 2.75) is 13.0 Å². The Hall–Kier alpha value is -1.90. The maximum atomic E-state index is 10.3. The van der Waals surface area contributed by atoms with E-state index in [1.54, 1.807) is 12.1 Å². The van der Waals surface area contributed by atoms with Crippen LogP contribution in [0.2, 0.25) is 5.02 Å². The summed E-state index contributed by atoms with van der Waals surface area (Å²) in [6.07, 6.45) is -0.743. The Morgan fingerprint density at radius 2 is 1.70 bits per heavy atom. The molecule has 0 aliphatic rings. The summed E-state index contributed by atoms with van der Waals surface area (Å²) in [7, 11) is 0. The molecule has 3 heteroatoms. The molecule has 1 atom stereocenters. The van der Waals surface area contributed by atoms with Crippen LogP contribution < -0.4 is 0 Å². The van der Waals surface area contributed by atoms with Gasteiger partial charge in [-0.3, -0.25) is 4.99 Å². The monoisotopic (exact) mass is 285 g/mol. The molecule has 0 aliphatic heterocycles. The Bertz CT molecular complexity index is 617. The van der Waals surface area contributed by atoms with Gasteiger partial charge in [0.05, 0.1) is 5.69 Å². The van der Waals surface area contributed by atoms with Crippen LogP contribution in [0.5, 0.6) is 0 Å². The number of nitrogens with zero attached hydrogens (tertiary/aromatic N) is 1. The minimum atomic E-state index is -0.743. The zero-order valence-electron chi connectivity index (χ0n) is 11.3. The third kappa shape index (κ3) is 3.56. The Balaban J connectivity index is 2.18. The van der Waals surface area contributed by atoms with Gasteiger partial charge in [-0.2, -0.15) is 0 Å². The van der Waals surface area contributed by atoms with Crippen molar-refractivity contribution in [3.63, 3.8) is 0 Å². The molecule has 0 fully saturated rings. The van der Waals surface area contributed by atoms with Gasteiger partial charge in [-0.25, -0.2) is 0 Å². The summed E-state index contributed by atoms with van der Waals surface area (Å²) in [5, 5.41) is 11.0. The molecule has 2 aromatic carbocycles. The molecule has 0 heterocycles. The van der Waals surface area contributed by atoms with E-state index in [1.165, 1.54) is 0 Å². The van der Waals surface area contributed by atoms with Crippen LogP contribution in [0.25, 0.3) is 0 Å². The number of aliphatic imine (C=N–C) groups is 1. The number of benzene rings is 2. The second-order valence-electron chi connectivity index (χ2n) is 4.51. The highest BCUT2D eigenvalue weighted by Crippen LogP contribution is 2.23. The van der Waals surface area contributed by atoms with E-state index in [-0.39, 0.29) is 0 Å². The molecule has 0 amide bonds. The van der Waals surface area contributed by atoms with Crippen molar-refractivity contribution in [2.75, 3.05) is 0 Å². The fourth-order valence-electron chi connectivity index (χ4n) is 1.82. The van der Waals surface area contributed by atoms with Crippen molar-refractivity contribution in [3.8, 4) is 0 Å². The van der Waals surface area contributed by atoms with E-state index < -0.39 is 6.10 Å². The molecule has 0 spiro atoms. The highest BCUT2D eigenvalue weighted by atomic mass is 35.5. The van der Waals surface area contributed by atoms with Gasteiger partial charge in [0.25, 0.3) is 0 Å².